The molecule has 6 nitrogen and oxygen atoms in total. The minimum Gasteiger partial charge on any atom is -0.358 e. The van der Waals surface area contributed by atoms with Crippen LogP contribution in [0, 0.1) is 10.1 Å². The molecule has 0 atom stereocenters. The average Bonchev–Trinajstić information content (AvgIpc) is 2.74. The first-order chi connectivity index (χ1) is 8.41. The van der Waals surface area contributed by atoms with E-state index in [9.17, 15) is 23.3 Å². The van der Waals surface area contributed by atoms with Crippen molar-refractivity contribution in [2.75, 3.05) is 0 Å². The Morgan fingerprint density at radius 1 is 1.22 bits per heavy atom. The van der Waals surface area contributed by atoms with E-state index >= 15 is 0 Å². The third kappa shape index (κ3) is 2.01. The first-order valence-corrected chi connectivity index (χ1v) is 4.64. The molecule has 94 valence electrons. The SMILES string of the molecule is O=[N+]([O-])c1nnn(-c2ccccc2)c1C(F)(F)F. The van der Waals surface area contributed by atoms with Crippen LogP contribution < -0.4 is 0 Å². The number of hydrogen-bond donors (Lipinski definition) is 0. The van der Waals surface area contributed by atoms with E-state index in [-0.39, 0.29) is 5.69 Å². The zero-order chi connectivity index (χ0) is 13.3. The van der Waals surface area contributed by atoms with E-state index in [2.05, 4.69) is 10.3 Å². The van der Waals surface area contributed by atoms with Crippen LogP contribution >= 0.6 is 0 Å². The molecule has 0 aliphatic heterocycles. The van der Waals surface area contributed by atoms with Gasteiger partial charge in [0.15, 0.2) is 0 Å². The van der Waals surface area contributed by atoms with E-state index in [4.69, 9.17) is 0 Å². The van der Waals surface area contributed by atoms with E-state index in [1.807, 2.05) is 0 Å². The van der Waals surface area contributed by atoms with Gasteiger partial charge in [0.1, 0.15) is 5.10 Å². The highest BCUT2D eigenvalue weighted by Gasteiger charge is 2.45. The van der Waals surface area contributed by atoms with Crippen LogP contribution in [0.1, 0.15) is 5.69 Å². The first kappa shape index (κ1) is 12.0. The Kier molecular flexibility index (Phi) is 2.73. The maximum Gasteiger partial charge on any atom is 0.442 e. The largest absolute Gasteiger partial charge is 0.442 e. The predicted octanol–water partition coefficient (Wildman–Crippen LogP) is 2.19. The summed E-state index contributed by atoms with van der Waals surface area (Å²) in [6, 6.07) is 7.26. The zero-order valence-corrected chi connectivity index (χ0v) is 8.63. The molecule has 0 saturated carbocycles. The zero-order valence-electron chi connectivity index (χ0n) is 8.63. The highest BCUT2D eigenvalue weighted by molar-refractivity contribution is 5.38. The van der Waals surface area contributed by atoms with Crippen LogP contribution in [0.4, 0.5) is 19.0 Å². The van der Waals surface area contributed by atoms with Crippen molar-refractivity contribution in [1.82, 2.24) is 15.0 Å². The monoisotopic (exact) mass is 258 g/mol. The summed E-state index contributed by atoms with van der Waals surface area (Å²) in [5, 5.41) is 16.6. The minimum absolute atomic E-state index is 0.0467. The maximum absolute atomic E-state index is 12.8. The number of halogens is 3. The molecule has 2 rings (SSSR count). The molecule has 0 radical (unpaired) electrons. The van der Waals surface area contributed by atoms with Gasteiger partial charge in [-0.05, 0) is 17.1 Å². The summed E-state index contributed by atoms with van der Waals surface area (Å²) >= 11 is 0. The molecular weight excluding hydrogens is 253 g/mol. The fraction of sp³-hybridized carbons (Fsp3) is 0.111. The van der Waals surface area contributed by atoms with Crippen LogP contribution in [0.25, 0.3) is 5.69 Å². The average molecular weight is 258 g/mol. The van der Waals surface area contributed by atoms with Crippen LogP contribution in [0.15, 0.2) is 30.3 Å². The van der Waals surface area contributed by atoms with E-state index in [0.717, 1.165) is 0 Å². The maximum atomic E-state index is 12.8. The standard InChI is InChI=1S/C9H5F3N4O2/c10-9(11,12)7-8(16(17)18)13-14-15(7)6-4-2-1-3-5-6/h1-5H. The number of nitro groups is 1. The van der Waals surface area contributed by atoms with Crippen molar-refractivity contribution in [1.29, 1.82) is 0 Å². The molecule has 0 bridgehead atoms. The molecule has 18 heavy (non-hydrogen) atoms. The second-order valence-electron chi connectivity index (χ2n) is 3.26. The van der Waals surface area contributed by atoms with E-state index < -0.39 is 22.6 Å². The van der Waals surface area contributed by atoms with Crippen LogP contribution in [0.3, 0.4) is 0 Å². The van der Waals surface area contributed by atoms with Crippen molar-refractivity contribution in [3.8, 4) is 5.69 Å². The number of nitrogens with zero attached hydrogens (tertiary/aromatic N) is 4. The molecule has 0 aliphatic rings. The Hall–Kier alpha value is -2.45. The molecular formula is C9H5F3N4O2. The summed E-state index contributed by atoms with van der Waals surface area (Å²) in [5.74, 6) is -1.31. The Bertz CT molecular complexity index is 579. The summed E-state index contributed by atoms with van der Waals surface area (Å²) in [5.41, 5.74) is -1.45. The van der Waals surface area contributed by atoms with Gasteiger partial charge in [0, 0.05) is 0 Å². The van der Waals surface area contributed by atoms with Crippen LogP contribution in [0.2, 0.25) is 0 Å². The summed E-state index contributed by atoms with van der Waals surface area (Å²) in [7, 11) is 0. The van der Waals surface area contributed by atoms with Crippen molar-refractivity contribution >= 4 is 5.82 Å². The Balaban J connectivity index is 2.67. The minimum atomic E-state index is -4.91. The molecule has 0 fully saturated rings. The molecule has 0 aliphatic carbocycles. The fourth-order valence-corrected chi connectivity index (χ4v) is 1.39. The predicted molar refractivity (Wildman–Crippen MR) is 53.0 cm³/mol. The normalized spacial score (nSPS) is 11.5. The second-order valence-corrected chi connectivity index (χ2v) is 3.26. The van der Waals surface area contributed by atoms with Crippen molar-refractivity contribution in [2.24, 2.45) is 0 Å². The molecule has 0 spiro atoms. The molecule has 0 saturated heterocycles. The summed E-state index contributed by atoms with van der Waals surface area (Å²) in [6.07, 6.45) is -4.91. The first-order valence-electron chi connectivity index (χ1n) is 4.64. The van der Waals surface area contributed by atoms with Gasteiger partial charge in [-0.2, -0.15) is 17.9 Å². The van der Waals surface area contributed by atoms with E-state index in [1.165, 1.54) is 24.3 Å². The Morgan fingerprint density at radius 3 is 2.33 bits per heavy atom. The lowest BCUT2D eigenvalue weighted by atomic mass is 10.3. The molecule has 0 amide bonds. The van der Waals surface area contributed by atoms with Gasteiger partial charge in [0.05, 0.1) is 10.9 Å². The third-order valence-corrected chi connectivity index (χ3v) is 2.09. The molecule has 0 unspecified atom stereocenters. The van der Waals surface area contributed by atoms with Crippen molar-refractivity contribution in [3.63, 3.8) is 0 Å². The molecule has 1 heterocycles. The Labute approximate surface area is 97.8 Å². The van der Waals surface area contributed by atoms with E-state index in [0.29, 0.717) is 4.68 Å². The van der Waals surface area contributed by atoms with Crippen molar-refractivity contribution in [2.45, 2.75) is 6.18 Å². The fourth-order valence-electron chi connectivity index (χ4n) is 1.39. The quantitative estimate of drug-likeness (QED) is 0.611. The lowest BCUT2D eigenvalue weighted by Gasteiger charge is -2.07. The summed E-state index contributed by atoms with van der Waals surface area (Å²) < 4.78 is 38.7. The second kappa shape index (κ2) is 4.09. The molecule has 0 N–H and O–H groups in total. The number of benzene rings is 1. The number of hydrogen-bond acceptors (Lipinski definition) is 4. The number of rotatable bonds is 2. The molecule has 1 aromatic heterocycles. The summed E-state index contributed by atoms with van der Waals surface area (Å²) in [4.78, 5) is 9.29. The smallest absolute Gasteiger partial charge is 0.358 e. The highest BCUT2D eigenvalue weighted by atomic mass is 19.4. The van der Waals surface area contributed by atoms with Gasteiger partial charge < -0.3 is 10.1 Å². The van der Waals surface area contributed by atoms with Crippen LogP contribution in [0.5, 0.6) is 0 Å². The lowest BCUT2D eigenvalue weighted by molar-refractivity contribution is -0.392. The highest BCUT2D eigenvalue weighted by Crippen LogP contribution is 2.35. The lowest BCUT2D eigenvalue weighted by Crippen LogP contribution is -2.15. The van der Waals surface area contributed by atoms with E-state index in [1.54, 1.807) is 6.07 Å². The van der Waals surface area contributed by atoms with Crippen LogP contribution in [-0.2, 0) is 6.18 Å². The third-order valence-electron chi connectivity index (χ3n) is 2.09. The molecule has 9 heteroatoms. The van der Waals surface area contributed by atoms with Crippen LogP contribution in [-0.4, -0.2) is 19.9 Å². The Morgan fingerprint density at radius 2 is 1.83 bits per heavy atom. The van der Waals surface area contributed by atoms with Gasteiger partial charge >= 0.3 is 12.0 Å². The number of para-hydroxylation sites is 1. The number of alkyl halides is 3. The van der Waals surface area contributed by atoms with Gasteiger partial charge in [-0.3, -0.25) is 0 Å². The van der Waals surface area contributed by atoms with Gasteiger partial charge in [0.2, 0.25) is 5.69 Å². The van der Waals surface area contributed by atoms with Crippen molar-refractivity contribution in [3.05, 3.63) is 46.1 Å². The summed E-state index contributed by atoms with van der Waals surface area (Å²) in [6.45, 7) is 0. The topological polar surface area (TPSA) is 73.8 Å². The number of aromatic nitrogens is 3. The van der Waals surface area contributed by atoms with Gasteiger partial charge in [-0.25, -0.2) is 0 Å². The van der Waals surface area contributed by atoms with Gasteiger partial charge in [-0.15, -0.1) is 0 Å². The van der Waals surface area contributed by atoms with Gasteiger partial charge in [-0.1, -0.05) is 18.2 Å². The van der Waals surface area contributed by atoms with Crippen molar-refractivity contribution < 1.29 is 18.1 Å². The molecule has 2 aromatic rings. The molecule has 1 aromatic carbocycles. The van der Waals surface area contributed by atoms with Gasteiger partial charge in [0.25, 0.3) is 0 Å².